The number of carbonyl (C=O) groups is 1. The van der Waals surface area contributed by atoms with Gasteiger partial charge in [-0.1, -0.05) is 46.5 Å². The second-order valence-corrected chi connectivity index (χ2v) is 5.97. The third kappa shape index (κ3) is 3.98. The van der Waals surface area contributed by atoms with E-state index in [1.807, 2.05) is 0 Å². The Kier molecular flexibility index (Phi) is 6.13. The highest BCUT2D eigenvalue weighted by molar-refractivity contribution is 5.79. The molecule has 3 nitrogen and oxygen atoms in total. The summed E-state index contributed by atoms with van der Waals surface area (Å²) in [7, 11) is 0. The van der Waals surface area contributed by atoms with Crippen molar-refractivity contribution < 1.29 is 4.79 Å². The van der Waals surface area contributed by atoms with E-state index in [2.05, 4.69) is 26.1 Å². The lowest BCUT2D eigenvalue weighted by Gasteiger charge is -2.33. The summed E-state index contributed by atoms with van der Waals surface area (Å²) < 4.78 is 0. The summed E-state index contributed by atoms with van der Waals surface area (Å²) in [5, 5.41) is 3.19. The summed E-state index contributed by atoms with van der Waals surface area (Å²) in [6, 6.07) is 0. The third-order valence-corrected chi connectivity index (χ3v) is 4.74. The number of hydrogen-bond donors (Lipinski definition) is 2. The Balaban J connectivity index is 2.47. The molecule has 18 heavy (non-hydrogen) atoms. The predicted molar refractivity (Wildman–Crippen MR) is 76.2 cm³/mol. The van der Waals surface area contributed by atoms with Crippen LogP contribution in [0.25, 0.3) is 0 Å². The van der Waals surface area contributed by atoms with Crippen LogP contribution < -0.4 is 11.1 Å². The molecular formula is C15H30N2O. The standard InChI is InChI=1S/C15H30N2O/c1-4-15(5-2,11-16)17-14(18)12(3)10-13-8-6-7-9-13/h12-13H,4-11,16H2,1-3H3,(H,17,18). The maximum Gasteiger partial charge on any atom is 0.223 e. The zero-order valence-electron chi connectivity index (χ0n) is 12.3. The normalized spacial score (nSPS) is 18.9. The Morgan fingerprint density at radius 2 is 1.89 bits per heavy atom. The van der Waals surface area contributed by atoms with Gasteiger partial charge in [-0.2, -0.15) is 0 Å². The Labute approximate surface area is 112 Å². The minimum absolute atomic E-state index is 0.122. The molecule has 1 rings (SSSR count). The van der Waals surface area contributed by atoms with E-state index in [0.717, 1.165) is 25.2 Å². The fraction of sp³-hybridized carbons (Fsp3) is 0.933. The molecule has 0 aromatic heterocycles. The molecule has 0 aromatic rings. The number of nitrogens with two attached hydrogens (primary N) is 1. The lowest BCUT2D eigenvalue weighted by molar-refractivity contribution is -0.127. The summed E-state index contributed by atoms with van der Waals surface area (Å²) in [5.74, 6) is 1.08. The first kappa shape index (κ1) is 15.5. The van der Waals surface area contributed by atoms with E-state index in [1.54, 1.807) is 0 Å². The van der Waals surface area contributed by atoms with Crippen LogP contribution in [0.4, 0.5) is 0 Å². The van der Waals surface area contributed by atoms with Crippen LogP contribution in [0, 0.1) is 11.8 Å². The number of hydrogen-bond acceptors (Lipinski definition) is 2. The maximum absolute atomic E-state index is 12.3. The average Bonchev–Trinajstić information content (AvgIpc) is 2.88. The Hall–Kier alpha value is -0.570. The van der Waals surface area contributed by atoms with E-state index in [4.69, 9.17) is 5.73 Å². The first-order chi connectivity index (χ1) is 8.56. The Bertz CT molecular complexity index is 247. The average molecular weight is 254 g/mol. The zero-order valence-corrected chi connectivity index (χ0v) is 12.3. The van der Waals surface area contributed by atoms with Crippen molar-refractivity contribution in [1.82, 2.24) is 5.32 Å². The van der Waals surface area contributed by atoms with Gasteiger partial charge in [-0.15, -0.1) is 0 Å². The van der Waals surface area contributed by atoms with Crippen LogP contribution in [-0.4, -0.2) is 18.0 Å². The molecule has 0 aromatic carbocycles. The number of nitrogens with one attached hydrogen (secondary N) is 1. The number of carbonyl (C=O) groups excluding carboxylic acids is 1. The SMILES string of the molecule is CCC(CC)(CN)NC(=O)C(C)CC1CCCC1. The van der Waals surface area contributed by atoms with Crippen molar-refractivity contribution in [1.29, 1.82) is 0 Å². The molecule has 1 unspecified atom stereocenters. The molecule has 1 fully saturated rings. The van der Waals surface area contributed by atoms with Crippen molar-refractivity contribution >= 4 is 5.91 Å². The Morgan fingerprint density at radius 1 is 1.33 bits per heavy atom. The molecule has 106 valence electrons. The topological polar surface area (TPSA) is 55.1 Å². The largest absolute Gasteiger partial charge is 0.349 e. The fourth-order valence-corrected chi connectivity index (χ4v) is 3.00. The van der Waals surface area contributed by atoms with Gasteiger partial charge in [0.15, 0.2) is 0 Å². The molecule has 1 amide bonds. The molecule has 0 radical (unpaired) electrons. The van der Waals surface area contributed by atoms with Gasteiger partial charge in [0, 0.05) is 12.5 Å². The van der Waals surface area contributed by atoms with Crippen molar-refractivity contribution in [2.75, 3.05) is 6.54 Å². The smallest absolute Gasteiger partial charge is 0.223 e. The van der Waals surface area contributed by atoms with E-state index in [0.29, 0.717) is 6.54 Å². The Morgan fingerprint density at radius 3 is 2.33 bits per heavy atom. The predicted octanol–water partition coefficient (Wildman–Crippen LogP) is 2.84. The van der Waals surface area contributed by atoms with Crippen molar-refractivity contribution in [3.05, 3.63) is 0 Å². The first-order valence-electron chi connectivity index (χ1n) is 7.59. The third-order valence-electron chi connectivity index (χ3n) is 4.74. The highest BCUT2D eigenvalue weighted by Gasteiger charge is 2.29. The highest BCUT2D eigenvalue weighted by atomic mass is 16.2. The monoisotopic (exact) mass is 254 g/mol. The van der Waals surface area contributed by atoms with Gasteiger partial charge in [-0.05, 0) is 25.2 Å². The van der Waals surface area contributed by atoms with Crippen LogP contribution in [0.15, 0.2) is 0 Å². The quantitative estimate of drug-likeness (QED) is 0.734. The van der Waals surface area contributed by atoms with Gasteiger partial charge in [0.2, 0.25) is 5.91 Å². The van der Waals surface area contributed by atoms with Gasteiger partial charge in [0.05, 0.1) is 5.54 Å². The lowest BCUT2D eigenvalue weighted by atomic mass is 9.89. The summed E-state index contributed by atoms with van der Waals surface area (Å²) in [6.45, 7) is 6.78. The lowest BCUT2D eigenvalue weighted by Crippen LogP contribution is -2.54. The van der Waals surface area contributed by atoms with Crippen LogP contribution in [0.5, 0.6) is 0 Å². The van der Waals surface area contributed by atoms with E-state index < -0.39 is 0 Å². The molecule has 1 saturated carbocycles. The van der Waals surface area contributed by atoms with Crippen molar-refractivity contribution in [3.8, 4) is 0 Å². The molecule has 0 saturated heterocycles. The summed E-state index contributed by atoms with van der Waals surface area (Å²) in [6.07, 6.45) is 8.15. The van der Waals surface area contributed by atoms with E-state index in [9.17, 15) is 4.79 Å². The van der Waals surface area contributed by atoms with E-state index in [-0.39, 0.29) is 17.4 Å². The summed E-state index contributed by atoms with van der Waals surface area (Å²) >= 11 is 0. The maximum atomic E-state index is 12.3. The molecule has 0 bridgehead atoms. The van der Waals surface area contributed by atoms with Crippen molar-refractivity contribution in [3.63, 3.8) is 0 Å². The molecule has 0 aliphatic heterocycles. The van der Waals surface area contributed by atoms with Crippen LogP contribution in [0.3, 0.4) is 0 Å². The summed E-state index contributed by atoms with van der Waals surface area (Å²) in [5.41, 5.74) is 5.63. The molecule has 0 spiro atoms. The van der Waals surface area contributed by atoms with Crippen LogP contribution >= 0.6 is 0 Å². The van der Waals surface area contributed by atoms with Crippen LogP contribution in [0.1, 0.15) is 65.7 Å². The summed E-state index contributed by atoms with van der Waals surface area (Å²) in [4.78, 5) is 12.3. The zero-order chi connectivity index (χ0) is 13.6. The van der Waals surface area contributed by atoms with Crippen LogP contribution in [-0.2, 0) is 4.79 Å². The molecule has 1 aliphatic carbocycles. The van der Waals surface area contributed by atoms with Gasteiger partial charge < -0.3 is 11.1 Å². The van der Waals surface area contributed by atoms with Crippen molar-refractivity contribution in [2.45, 2.75) is 71.3 Å². The molecule has 3 N–H and O–H groups in total. The molecule has 0 heterocycles. The van der Waals surface area contributed by atoms with Crippen LogP contribution in [0.2, 0.25) is 0 Å². The number of amides is 1. The van der Waals surface area contributed by atoms with Crippen molar-refractivity contribution in [2.24, 2.45) is 17.6 Å². The first-order valence-corrected chi connectivity index (χ1v) is 7.59. The van der Waals surface area contributed by atoms with Gasteiger partial charge in [0.25, 0.3) is 0 Å². The van der Waals surface area contributed by atoms with Gasteiger partial charge in [-0.25, -0.2) is 0 Å². The van der Waals surface area contributed by atoms with Gasteiger partial charge >= 0.3 is 0 Å². The molecule has 3 heteroatoms. The van der Waals surface area contributed by atoms with E-state index >= 15 is 0 Å². The second-order valence-electron chi connectivity index (χ2n) is 5.97. The highest BCUT2D eigenvalue weighted by Crippen LogP contribution is 2.30. The fourth-order valence-electron chi connectivity index (χ4n) is 3.00. The number of rotatable bonds is 7. The molecule has 1 aliphatic rings. The van der Waals surface area contributed by atoms with Gasteiger partial charge in [0.1, 0.15) is 0 Å². The minimum atomic E-state index is -0.193. The molecule has 1 atom stereocenters. The van der Waals surface area contributed by atoms with E-state index in [1.165, 1.54) is 25.7 Å². The minimum Gasteiger partial charge on any atom is -0.349 e. The molecular weight excluding hydrogens is 224 g/mol. The van der Waals surface area contributed by atoms with Gasteiger partial charge in [-0.3, -0.25) is 4.79 Å². The second kappa shape index (κ2) is 7.13.